The molecule has 0 bridgehead atoms. The highest BCUT2D eigenvalue weighted by atomic mass is 16.1. The van der Waals surface area contributed by atoms with E-state index in [2.05, 4.69) is 53.1 Å². The summed E-state index contributed by atoms with van der Waals surface area (Å²) in [5, 5.41) is 0.990. The Morgan fingerprint density at radius 2 is 1.84 bits per heavy atom. The quantitative estimate of drug-likeness (QED) is 0.494. The molecule has 32 heavy (non-hydrogen) atoms. The third-order valence-electron chi connectivity index (χ3n) is 6.73. The van der Waals surface area contributed by atoms with E-state index in [4.69, 9.17) is 4.98 Å². The predicted octanol–water partition coefficient (Wildman–Crippen LogP) is 3.67. The monoisotopic (exact) mass is 430 g/mol. The number of likely N-dealkylation sites (N-methyl/N-ethyl adjacent to an activating group) is 1. The zero-order valence-electron chi connectivity index (χ0n) is 19.4. The van der Waals surface area contributed by atoms with Gasteiger partial charge in [-0.15, -0.1) is 0 Å². The summed E-state index contributed by atoms with van der Waals surface area (Å²) in [5.74, 6) is 1.03. The summed E-state index contributed by atoms with van der Waals surface area (Å²) in [6.45, 7) is 6.13. The van der Waals surface area contributed by atoms with Gasteiger partial charge in [0.1, 0.15) is 5.82 Å². The molecule has 0 radical (unpaired) electrons. The lowest BCUT2D eigenvalue weighted by atomic mass is 10.0. The second kappa shape index (κ2) is 7.74. The Hall–Kier alpha value is -3.19. The number of rotatable bonds is 4. The highest BCUT2D eigenvalue weighted by molar-refractivity contribution is 6.04. The maximum atomic E-state index is 12.8. The van der Waals surface area contributed by atoms with E-state index in [1.807, 2.05) is 37.7 Å². The maximum absolute atomic E-state index is 12.8. The molecule has 0 unspecified atom stereocenters. The molecule has 0 N–H and O–H groups in total. The topological polar surface area (TPSA) is 59.2 Å². The standard InChI is InChI=1S/C25H30N6O/c1-16(2)31-24-20-12-17(6-8-21(20)26-14-22(24)29(5)25(31)32)18-7-9-23(27-13-18)30-11-10-19(15-30)28(3)4/h6-9,12-14,16,19H,10-11,15H2,1-5H3/t19-/m1/s1. The van der Waals surface area contributed by atoms with Gasteiger partial charge >= 0.3 is 5.69 Å². The fourth-order valence-electron chi connectivity index (χ4n) is 4.80. The molecule has 1 aromatic carbocycles. The van der Waals surface area contributed by atoms with Crippen LogP contribution in [-0.4, -0.2) is 57.2 Å². The highest BCUT2D eigenvalue weighted by Crippen LogP contribution is 2.30. The Kier molecular flexibility index (Phi) is 5.01. The van der Waals surface area contributed by atoms with Crippen molar-refractivity contribution in [2.24, 2.45) is 7.05 Å². The van der Waals surface area contributed by atoms with E-state index in [9.17, 15) is 4.79 Å². The molecule has 1 atom stereocenters. The van der Waals surface area contributed by atoms with Gasteiger partial charge in [-0.25, -0.2) is 9.78 Å². The van der Waals surface area contributed by atoms with E-state index in [0.29, 0.717) is 6.04 Å². The molecule has 5 rings (SSSR count). The van der Waals surface area contributed by atoms with Gasteiger partial charge in [-0.2, -0.15) is 0 Å². The van der Waals surface area contributed by atoms with E-state index in [0.717, 1.165) is 52.0 Å². The van der Waals surface area contributed by atoms with Crippen LogP contribution in [0, 0.1) is 0 Å². The van der Waals surface area contributed by atoms with E-state index in [1.165, 1.54) is 6.42 Å². The fourth-order valence-corrected chi connectivity index (χ4v) is 4.80. The third-order valence-corrected chi connectivity index (χ3v) is 6.73. The molecule has 1 fully saturated rings. The van der Waals surface area contributed by atoms with E-state index in [-0.39, 0.29) is 11.7 Å². The van der Waals surface area contributed by atoms with Gasteiger partial charge in [-0.05, 0) is 64.2 Å². The summed E-state index contributed by atoms with van der Waals surface area (Å²) >= 11 is 0. The number of anilines is 1. The first kappa shape index (κ1) is 20.7. The van der Waals surface area contributed by atoms with Crippen molar-refractivity contribution in [3.05, 3.63) is 53.2 Å². The van der Waals surface area contributed by atoms with Crippen molar-refractivity contribution in [1.29, 1.82) is 0 Å². The fraction of sp³-hybridized carbons (Fsp3) is 0.400. The second-order valence-corrected chi connectivity index (χ2v) is 9.29. The van der Waals surface area contributed by atoms with Crippen LogP contribution in [0.3, 0.4) is 0 Å². The molecule has 3 aromatic heterocycles. The molecule has 166 valence electrons. The number of hydrogen-bond acceptors (Lipinski definition) is 5. The van der Waals surface area contributed by atoms with Gasteiger partial charge in [0.05, 0.1) is 22.7 Å². The summed E-state index contributed by atoms with van der Waals surface area (Å²) in [6, 6.07) is 11.1. The van der Waals surface area contributed by atoms with Crippen molar-refractivity contribution in [2.75, 3.05) is 32.1 Å². The van der Waals surface area contributed by atoms with Gasteiger partial charge < -0.3 is 9.80 Å². The number of aryl methyl sites for hydroxylation is 1. The van der Waals surface area contributed by atoms with Crippen molar-refractivity contribution in [1.82, 2.24) is 24.0 Å². The molecular formula is C25H30N6O. The van der Waals surface area contributed by atoms with Crippen molar-refractivity contribution >= 4 is 27.8 Å². The Balaban J connectivity index is 1.56. The molecule has 1 saturated heterocycles. The van der Waals surface area contributed by atoms with Crippen LogP contribution >= 0.6 is 0 Å². The second-order valence-electron chi connectivity index (χ2n) is 9.29. The largest absolute Gasteiger partial charge is 0.355 e. The molecule has 7 heteroatoms. The number of hydrogen-bond donors (Lipinski definition) is 0. The molecule has 0 aliphatic carbocycles. The number of aromatic nitrogens is 4. The molecule has 1 aliphatic rings. The van der Waals surface area contributed by atoms with Crippen molar-refractivity contribution in [2.45, 2.75) is 32.4 Å². The van der Waals surface area contributed by atoms with Gasteiger partial charge in [0.2, 0.25) is 0 Å². The highest BCUT2D eigenvalue weighted by Gasteiger charge is 2.24. The molecule has 4 heterocycles. The number of imidazole rings is 1. The number of fused-ring (bicyclic) bond motifs is 3. The van der Waals surface area contributed by atoms with Gasteiger partial charge in [0.25, 0.3) is 0 Å². The van der Waals surface area contributed by atoms with Crippen LogP contribution in [0.5, 0.6) is 0 Å². The van der Waals surface area contributed by atoms with Gasteiger partial charge in [0, 0.05) is 49.4 Å². The van der Waals surface area contributed by atoms with Crippen LogP contribution in [0.1, 0.15) is 26.3 Å². The minimum Gasteiger partial charge on any atom is -0.355 e. The van der Waals surface area contributed by atoms with Crippen LogP contribution in [0.15, 0.2) is 47.5 Å². The van der Waals surface area contributed by atoms with Crippen LogP contribution in [0.2, 0.25) is 0 Å². The van der Waals surface area contributed by atoms with E-state index >= 15 is 0 Å². The van der Waals surface area contributed by atoms with Crippen LogP contribution in [0.4, 0.5) is 5.82 Å². The molecule has 0 spiro atoms. The van der Waals surface area contributed by atoms with Crippen molar-refractivity contribution < 1.29 is 0 Å². The lowest BCUT2D eigenvalue weighted by Gasteiger charge is -2.21. The maximum Gasteiger partial charge on any atom is 0.329 e. The summed E-state index contributed by atoms with van der Waals surface area (Å²) in [5.41, 5.74) is 4.80. The summed E-state index contributed by atoms with van der Waals surface area (Å²) in [6.07, 6.45) is 4.91. The number of pyridine rings is 2. The Bertz CT molecular complexity index is 1350. The first-order chi connectivity index (χ1) is 15.3. The van der Waals surface area contributed by atoms with E-state index < -0.39 is 0 Å². The van der Waals surface area contributed by atoms with Gasteiger partial charge in [-0.3, -0.25) is 14.1 Å². The predicted molar refractivity (Wildman–Crippen MR) is 130 cm³/mol. The molecule has 7 nitrogen and oxygen atoms in total. The van der Waals surface area contributed by atoms with Gasteiger partial charge in [-0.1, -0.05) is 6.07 Å². The minimum atomic E-state index is -0.0117. The molecule has 4 aromatic rings. The molecule has 0 saturated carbocycles. The average Bonchev–Trinajstić information content (AvgIpc) is 3.38. The zero-order chi connectivity index (χ0) is 22.6. The lowest BCUT2D eigenvalue weighted by Crippen LogP contribution is -2.31. The number of benzene rings is 1. The van der Waals surface area contributed by atoms with Crippen molar-refractivity contribution in [3.8, 4) is 11.1 Å². The molecular weight excluding hydrogens is 400 g/mol. The van der Waals surface area contributed by atoms with Crippen LogP contribution in [-0.2, 0) is 7.05 Å². The third kappa shape index (κ3) is 3.28. The van der Waals surface area contributed by atoms with Gasteiger partial charge in [0.15, 0.2) is 0 Å². The first-order valence-corrected chi connectivity index (χ1v) is 11.2. The Morgan fingerprint density at radius 1 is 1.06 bits per heavy atom. The smallest absolute Gasteiger partial charge is 0.329 e. The minimum absolute atomic E-state index is 0.0117. The first-order valence-electron chi connectivity index (χ1n) is 11.2. The lowest BCUT2D eigenvalue weighted by molar-refractivity contribution is 0.315. The summed E-state index contributed by atoms with van der Waals surface area (Å²) < 4.78 is 3.54. The Morgan fingerprint density at radius 3 is 2.50 bits per heavy atom. The average molecular weight is 431 g/mol. The summed E-state index contributed by atoms with van der Waals surface area (Å²) in [7, 11) is 6.09. The summed E-state index contributed by atoms with van der Waals surface area (Å²) in [4.78, 5) is 26.9. The Labute approximate surface area is 187 Å². The normalized spacial score (nSPS) is 16.8. The molecule has 1 aliphatic heterocycles. The molecule has 0 amide bonds. The number of nitrogens with zero attached hydrogens (tertiary/aromatic N) is 6. The van der Waals surface area contributed by atoms with Crippen molar-refractivity contribution in [3.63, 3.8) is 0 Å². The zero-order valence-corrected chi connectivity index (χ0v) is 19.4. The van der Waals surface area contributed by atoms with Crippen LogP contribution in [0.25, 0.3) is 33.1 Å². The van der Waals surface area contributed by atoms with E-state index in [1.54, 1.807) is 10.8 Å². The van der Waals surface area contributed by atoms with Crippen LogP contribution < -0.4 is 10.6 Å². The SMILES string of the molecule is CC(C)n1c(=O)n(C)c2cnc3ccc(-c4ccc(N5CC[C@@H](N(C)C)C5)nc4)cc3c21.